The fraction of sp³-hybridized carbons (Fsp3) is 0.420. The SMILES string of the molecule is CCC(C)(C)C(=O)SCCOP(=O)(NCc1ccccc1C(F)(F)F)OC[C@H]1OC(n2ccc(NC(c3ccccc3)(c3ccc(OC)cc3)c3ccc(OC)cc3)nc2=O)[C@@]2(C)OC(C)(C)OC12. The third-order valence-electron chi connectivity index (χ3n) is 12.4. The Morgan fingerprint density at radius 2 is 1.45 bits per heavy atom. The third-order valence-corrected chi connectivity index (χ3v) is 15.2. The number of rotatable bonds is 20. The summed E-state index contributed by atoms with van der Waals surface area (Å²) in [6, 6.07) is 31.4. The Morgan fingerprint density at radius 1 is 0.855 bits per heavy atom. The molecule has 2 aliphatic heterocycles. The lowest BCUT2D eigenvalue weighted by atomic mass is 9.77. The van der Waals surface area contributed by atoms with Crippen molar-refractivity contribution in [1.82, 2.24) is 14.6 Å². The predicted molar refractivity (Wildman–Crippen MR) is 256 cm³/mol. The second-order valence-corrected chi connectivity index (χ2v) is 20.8. The van der Waals surface area contributed by atoms with Gasteiger partial charge in [0.1, 0.15) is 40.7 Å². The van der Waals surface area contributed by atoms with Gasteiger partial charge in [-0.3, -0.25) is 18.4 Å². The number of methoxy groups -OCH3 is 2. The number of hydrogen-bond acceptors (Lipinski definition) is 13. The second kappa shape index (κ2) is 20.7. The molecule has 0 amide bonds. The summed E-state index contributed by atoms with van der Waals surface area (Å²) in [6.45, 7) is 9.40. The van der Waals surface area contributed by atoms with Crippen molar-refractivity contribution in [3.05, 3.63) is 154 Å². The quantitative estimate of drug-likeness (QED) is 0.0431. The molecule has 2 fully saturated rings. The average Bonchev–Trinajstić information content (AvgIpc) is 3.74. The number of anilines is 1. The molecule has 3 unspecified atom stereocenters. The molecule has 19 heteroatoms. The van der Waals surface area contributed by atoms with Gasteiger partial charge in [0.15, 0.2) is 17.1 Å². The number of nitrogens with zero attached hydrogens (tertiary/aromatic N) is 2. The van der Waals surface area contributed by atoms with Gasteiger partial charge in [-0.05, 0) is 85.8 Å². The van der Waals surface area contributed by atoms with Crippen LogP contribution in [0.15, 0.2) is 120 Å². The van der Waals surface area contributed by atoms with E-state index in [9.17, 15) is 27.3 Å². The van der Waals surface area contributed by atoms with Crippen molar-refractivity contribution >= 4 is 30.4 Å². The summed E-state index contributed by atoms with van der Waals surface area (Å²) in [5.74, 6) is 0.449. The monoisotopic (exact) mass is 994 g/mol. The van der Waals surface area contributed by atoms with E-state index in [1.807, 2.05) is 99.6 Å². The molecule has 0 spiro atoms. The highest BCUT2D eigenvalue weighted by Gasteiger charge is 2.64. The van der Waals surface area contributed by atoms with Gasteiger partial charge in [0.2, 0.25) is 0 Å². The minimum absolute atomic E-state index is 0.0949. The molecular formula is C50H58F3N4O10PS. The first kappa shape index (κ1) is 51.8. The number of fused-ring (bicyclic) bond motifs is 1. The first-order chi connectivity index (χ1) is 32.7. The molecule has 1 aromatic heterocycles. The highest BCUT2D eigenvalue weighted by atomic mass is 32.2. The largest absolute Gasteiger partial charge is 0.497 e. The van der Waals surface area contributed by atoms with Gasteiger partial charge in [-0.25, -0.2) is 14.4 Å². The minimum Gasteiger partial charge on any atom is -0.497 e. The van der Waals surface area contributed by atoms with Gasteiger partial charge < -0.3 is 29.0 Å². The highest BCUT2D eigenvalue weighted by Crippen LogP contribution is 2.53. The van der Waals surface area contributed by atoms with Crippen molar-refractivity contribution in [2.45, 2.75) is 96.0 Å². The Kier molecular flexibility index (Phi) is 15.6. The van der Waals surface area contributed by atoms with Crippen LogP contribution in [0.5, 0.6) is 11.5 Å². The maximum atomic E-state index is 14.5. The zero-order valence-electron chi connectivity index (χ0n) is 39.7. The van der Waals surface area contributed by atoms with Crippen molar-refractivity contribution in [3.63, 3.8) is 0 Å². The number of nitrogens with one attached hydrogen (secondary N) is 2. The normalized spacial score (nSPS) is 21.1. The Labute approximate surface area is 404 Å². The Balaban J connectivity index is 1.18. The lowest BCUT2D eigenvalue weighted by Gasteiger charge is -2.37. The molecule has 0 aliphatic carbocycles. The maximum absolute atomic E-state index is 14.5. The van der Waals surface area contributed by atoms with Crippen LogP contribution in [-0.4, -0.2) is 71.4 Å². The molecule has 0 radical (unpaired) electrons. The number of carbonyl (C=O) groups excluding carboxylic acids is 1. The number of alkyl halides is 3. The molecule has 0 bridgehead atoms. The van der Waals surface area contributed by atoms with E-state index >= 15 is 0 Å². The number of aromatic nitrogens is 2. The van der Waals surface area contributed by atoms with Gasteiger partial charge in [0.05, 0.1) is 33.0 Å². The van der Waals surface area contributed by atoms with Gasteiger partial charge in [-0.1, -0.05) is 105 Å². The molecule has 5 aromatic rings. The van der Waals surface area contributed by atoms with Crippen LogP contribution in [0.1, 0.15) is 82.0 Å². The summed E-state index contributed by atoms with van der Waals surface area (Å²) in [6.07, 6.45) is -5.68. The van der Waals surface area contributed by atoms with Crippen LogP contribution in [0.25, 0.3) is 0 Å². The lowest BCUT2D eigenvalue weighted by molar-refractivity contribution is -0.217. The van der Waals surface area contributed by atoms with Crippen LogP contribution < -0.4 is 25.6 Å². The van der Waals surface area contributed by atoms with Crippen LogP contribution in [-0.2, 0) is 50.9 Å². The van der Waals surface area contributed by atoms with E-state index in [0.717, 1.165) is 34.5 Å². The van der Waals surface area contributed by atoms with Crippen LogP contribution in [0.2, 0.25) is 0 Å². The number of halogens is 3. The Bertz CT molecular complexity index is 2630. The first-order valence-corrected chi connectivity index (χ1v) is 24.9. The van der Waals surface area contributed by atoms with Crippen molar-refractivity contribution in [2.24, 2.45) is 5.41 Å². The fourth-order valence-electron chi connectivity index (χ4n) is 8.52. The fourth-order valence-corrected chi connectivity index (χ4v) is 10.8. The van der Waals surface area contributed by atoms with Gasteiger partial charge in [0, 0.05) is 23.9 Å². The summed E-state index contributed by atoms with van der Waals surface area (Å²) in [5, 5.41) is 6.10. The van der Waals surface area contributed by atoms with E-state index in [1.165, 1.54) is 29.0 Å². The van der Waals surface area contributed by atoms with Crippen molar-refractivity contribution in [2.75, 3.05) is 38.5 Å². The molecular weight excluding hydrogens is 937 g/mol. The number of benzene rings is 4. The summed E-state index contributed by atoms with van der Waals surface area (Å²) in [4.78, 5) is 31.8. The first-order valence-electron chi connectivity index (χ1n) is 22.4. The summed E-state index contributed by atoms with van der Waals surface area (Å²) in [7, 11) is -1.26. The molecule has 2 aliphatic rings. The number of carbonyl (C=O) groups is 1. The number of thioether (sulfide) groups is 1. The molecule has 2 saturated heterocycles. The molecule has 3 heterocycles. The zero-order chi connectivity index (χ0) is 49.8. The van der Waals surface area contributed by atoms with Gasteiger partial charge >= 0.3 is 19.6 Å². The summed E-state index contributed by atoms with van der Waals surface area (Å²) in [5.41, 5.74) is -2.39. The lowest BCUT2D eigenvalue weighted by Crippen LogP contribution is -2.45. The number of ether oxygens (including phenoxy) is 5. The van der Waals surface area contributed by atoms with Gasteiger partial charge in [0.25, 0.3) is 0 Å². The summed E-state index contributed by atoms with van der Waals surface area (Å²) < 4.78 is 99.8. The smallest absolute Gasteiger partial charge is 0.416 e. The van der Waals surface area contributed by atoms with Gasteiger partial charge in [-0.2, -0.15) is 18.2 Å². The maximum Gasteiger partial charge on any atom is 0.416 e. The van der Waals surface area contributed by atoms with E-state index in [0.29, 0.717) is 17.9 Å². The van der Waals surface area contributed by atoms with E-state index in [4.69, 9.17) is 32.7 Å². The Hall–Kier alpha value is -5.04. The molecule has 2 N–H and O–H groups in total. The molecule has 5 atom stereocenters. The topological polar surface area (TPSA) is 158 Å². The third kappa shape index (κ3) is 11.3. The number of hydrogen-bond donors (Lipinski definition) is 2. The van der Waals surface area contributed by atoms with Crippen molar-refractivity contribution in [1.29, 1.82) is 0 Å². The molecule has 14 nitrogen and oxygen atoms in total. The van der Waals surface area contributed by atoms with Crippen LogP contribution in [0.4, 0.5) is 19.0 Å². The zero-order valence-corrected chi connectivity index (χ0v) is 41.4. The second-order valence-electron chi connectivity index (χ2n) is 17.9. The summed E-state index contributed by atoms with van der Waals surface area (Å²) >= 11 is 0.996. The Morgan fingerprint density at radius 3 is 2.03 bits per heavy atom. The average molecular weight is 995 g/mol. The standard InChI is InChI=1S/C50H58F3N4O10PS/c1-9-46(2,3)44(58)69-30-29-63-68(60,54-31-33-15-13-14-18-39(33)50(51,52)53)64-32-40-42-48(6,67-47(4,5)66-42)43(65-40)57-28-27-41(55-45(57)59)56-49(34-16-11-10-12-17-34,35-19-23-37(61-7)24-20-35)36-21-25-38(62-8)26-22-36/h10-28,40,42-43H,9,29-32H2,1-8H3,(H,54,60)(H,55,56,59)/t40-,42?,43?,48+,68?/m1/s1. The van der Waals surface area contributed by atoms with Crippen LogP contribution in [0, 0.1) is 5.41 Å². The molecule has 0 saturated carbocycles. The predicted octanol–water partition coefficient (Wildman–Crippen LogP) is 10.1. The van der Waals surface area contributed by atoms with Crippen LogP contribution >= 0.6 is 19.5 Å². The van der Waals surface area contributed by atoms with Gasteiger partial charge in [-0.15, -0.1) is 0 Å². The van der Waals surface area contributed by atoms with Crippen molar-refractivity contribution in [3.8, 4) is 11.5 Å². The van der Waals surface area contributed by atoms with E-state index in [-0.39, 0.29) is 28.9 Å². The molecule has 4 aromatic carbocycles. The van der Waals surface area contributed by atoms with E-state index < -0.39 is 79.1 Å². The molecule has 69 heavy (non-hydrogen) atoms. The van der Waals surface area contributed by atoms with Crippen molar-refractivity contribution < 1.29 is 55.3 Å². The minimum atomic E-state index is -4.68. The van der Waals surface area contributed by atoms with E-state index in [1.54, 1.807) is 41.1 Å². The molecule has 370 valence electrons. The van der Waals surface area contributed by atoms with Crippen LogP contribution in [0.3, 0.4) is 0 Å². The highest BCUT2D eigenvalue weighted by molar-refractivity contribution is 8.13. The molecule has 7 rings (SSSR count). The van der Waals surface area contributed by atoms with E-state index in [2.05, 4.69) is 15.4 Å².